The number of aromatic carboxylic acids is 1. The Morgan fingerprint density at radius 1 is 1.00 bits per heavy atom. The molecule has 1 N–H and O–H groups in total. The normalized spacial score (nSPS) is 13.2. The number of anilines is 2. The molecule has 0 radical (unpaired) electrons. The van der Waals surface area contributed by atoms with E-state index in [1.165, 1.54) is 23.2 Å². The summed E-state index contributed by atoms with van der Waals surface area (Å²) in [6.45, 7) is 0. The smallest absolute Gasteiger partial charge is 0.335 e. The van der Waals surface area contributed by atoms with E-state index in [9.17, 15) is 14.7 Å². The number of carboxylic acid groups (broad SMARTS) is 1. The molecule has 2 aromatic carbocycles. The van der Waals surface area contributed by atoms with Crippen LogP contribution in [0.2, 0.25) is 0 Å². The zero-order valence-electron chi connectivity index (χ0n) is 17.0. The standard InChI is InChI=1S/C24H22N2O5/c1-30-21-12-11-19(14-22(21)31-20-5-2-6-20)26(23(27)17-4-3-13-25-15-17)18-9-7-16(8-10-18)24(28)29/h3-4,7-15,20H,2,5-6H2,1H3,(H,28,29). The highest BCUT2D eigenvalue weighted by atomic mass is 16.5. The van der Waals surface area contributed by atoms with Gasteiger partial charge in [0.25, 0.3) is 5.91 Å². The molecule has 0 aliphatic heterocycles. The second kappa shape index (κ2) is 8.87. The van der Waals surface area contributed by atoms with E-state index >= 15 is 0 Å². The fraction of sp³-hybridized carbons (Fsp3) is 0.208. The lowest BCUT2D eigenvalue weighted by molar-refractivity contribution is 0.0696. The highest BCUT2D eigenvalue weighted by Crippen LogP contribution is 2.38. The summed E-state index contributed by atoms with van der Waals surface area (Å²) < 4.78 is 11.5. The van der Waals surface area contributed by atoms with Crippen molar-refractivity contribution in [1.82, 2.24) is 4.98 Å². The first-order chi connectivity index (χ1) is 15.1. The Balaban J connectivity index is 1.77. The number of methoxy groups -OCH3 is 1. The molecular formula is C24H22N2O5. The van der Waals surface area contributed by atoms with Crippen LogP contribution in [0.25, 0.3) is 0 Å². The van der Waals surface area contributed by atoms with Crippen molar-refractivity contribution >= 4 is 23.3 Å². The van der Waals surface area contributed by atoms with Gasteiger partial charge < -0.3 is 14.6 Å². The van der Waals surface area contributed by atoms with Crippen molar-refractivity contribution in [3.8, 4) is 11.5 Å². The molecule has 7 nitrogen and oxygen atoms in total. The minimum Gasteiger partial charge on any atom is -0.493 e. The van der Waals surface area contributed by atoms with Gasteiger partial charge in [0.15, 0.2) is 11.5 Å². The number of rotatable bonds is 7. The third-order valence-corrected chi connectivity index (χ3v) is 5.24. The number of benzene rings is 2. The molecule has 4 rings (SSSR count). The molecule has 0 spiro atoms. The molecule has 0 unspecified atom stereocenters. The average molecular weight is 418 g/mol. The second-order valence-electron chi connectivity index (χ2n) is 7.24. The summed E-state index contributed by atoms with van der Waals surface area (Å²) in [5, 5.41) is 9.21. The van der Waals surface area contributed by atoms with Crippen LogP contribution in [0.3, 0.4) is 0 Å². The quantitative estimate of drug-likeness (QED) is 0.598. The zero-order chi connectivity index (χ0) is 21.8. The number of amides is 1. The molecule has 1 amide bonds. The molecule has 1 aromatic heterocycles. The lowest BCUT2D eigenvalue weighted by atomic mass is 9.96. The molecule has 31 heavy (non-hydrogen) atoms. The maximum Gasteiger partial charge on any atom is 0.335 e. The minimum atomic E-state index is -1.03. The molecule has 1 fully saturated rings. The topological polar surface area (TPSA) is 89.0 Å². The van der Waals surface area contributed by atoms with Gasteiger partial charge in [0.05, 0.1) is 30.0 Å². The number of hydrogen-bond donors (Lipinski definition) is 1. The average Bonchev–Trinajstić information content (AvgIpc) is 2.77. The monoisotopic (exact) mass is 418 g/mol. The van der Waals surface area contributed by atoms with Gasteiger partial charge in [-0.3, -0.25) is 14.7 Å². The van der Waals surface area contributed by atoms with Crippen molar-refractivity contribution in [3.05, 3.63) is 78.1 Å². The number of carbonyl (C=O) groups is 2. The molecule has 0 bridgehead atoms. The van der Waals surface area contributed by atoms with Crippen LogP contribution in [0.1, 0.15) is 40.0 Å². The van der Waals surface area contributed by atoms with Gasteiger partial charge in [-0.15, -0.1) is 0 Å². The summed E-state index contributed by atoms with van der Waals surface area (Å²) in [5.74, 6) is -0.172. The highest BCUT2D eigenvalue weighted by molar-refractivity contribution is 6.11. The third-order valence-electron chi connectivity index (χ3n) is 5.24. The molecular weight excluding hydrogens is 396 g/mol. The number of ether oxygens (including phenoxy) is 2. The Hall–Kier alpha value is -3.87. The van der Waals surface area contributed by atoms with Gasteiger partial charge in [0, 0.05) is 24.1 Å². The van der Waals surface area contributed by atoms with Crippen LogP contribution in [0.15, 0.2) is 67.0 Å². The molecule has 7 heteroatoms. The van der Waals surface area contributed by atoms with Gasteiger partial charge in [0.1, 0.15) is 0 Å². The maximum absolute atomic E-state index is 13.4. The molecule has 1 aliphatic rings. The Bertz CT molecular complexity index is 1080. The Kier molecular flexibility index (Phi) is 5.84. The molecule has 158 valence electrons. The van der Waals surface area contributed by atoms with Crippen LogP contribution >= 0.6 is 0 Å². The minimum absolute atomic E-state index is 0.140. The zero-order valence-corrected chi connectivity index (χ0v) is 17.0. The van der Waals surface area contributed by atoms with E-state index in [0.29, 0.717) is 28.4 Å². The Labute approximate surface area is 179 Å². The number of carbonyl (C=O) groups excluding carboxylic acids is 1. The van der Waals surface area contributed by atoms with Gasteiger partial charge >= 0.3 is 5.97 Å². The molecule has 3 aromatic rings. The second-order valence-corrected chi connectivity index (χ2v) is 7.24. The molecule has 0 atom stereocenters. The van der Waals surface area contributed by atoms with E-state index in [1.807, 2.05) is 0 Å². The largest absolute Gasteiger partial charge is 0.493 e. The molecule has 1 saturated carbocycles. The third kappa shape index (κ3) is 4.35. The fourth-order valence-electron chi connectivity index (χ4n) is 3.32. The summed E-state index contributed by atoms with van der Waals surface area (Å²) in [6, 6.07) is 14.8. The maximum atomic E-state index is 13.4. The van der Waals surface area contributed by atoms with Gasteiger partial charge in [-0.25, -0.2) is 4.79 Å². The van der Waals surface area contributed by atoms with E-state index in [4.69, 9.17) is 9.47 Å². The van der Waals surface area contributed by atoms with E-state index in [-0.39, 0.29) is 17.6 Å². The Morgan fingerprint density at radius 2 is 1.74 bits per heavy atom. The lowest BCUT2D eigenvalue weighted by Crippen LogP contribution is -2.27. The predicted octanol–water partition coefficient (Wildman–Crippen LogP) is 4.70. The van der Waals surface area contributed by atoms with Crippen LogP contribution in [0.4, 0.5) is 11.4 Å². The van der Waals surface area contributed by atoms with Crippen molar-refractivity contribution in [2.24, 2.45) is 0 Å². The number of carboxylic acids is 1. The van der Waals surface area contributed by atoms with E-state index in [2.05, 4.69) is 4.98 Å². The van der Waals surface area contributed by atoms with Gasteiger partial charge in [0.2, 0.25) is 0 Å². The molecule has 0 saturated heterocycles. The van der Waals surface area contributed by atoms with Crippen molar-refractivity contribution in [2.45, 2.75) is 25.4 Å². The van der Waals surface area contributed by atoms with Crippen LogP contribution in [-0.2, 0) is 0 Å². The summed E-state index contributed by atoms with van der Waals surface area (Å²) in [4.78, 5) is 30.2. The summed E-state index contributed by atoms with van der Waals surface area (Å²) >= 11 is 0. The van der Waals surface area contributed by atoms with Crippen molar-refractivity contribution in [2.75, 3.05) is 12.0 Å². The van der Waals surface area contributed by atoms with Gasteiger partial charge in [-0.2, -0.15) is 0 Å². The lowest BCUT2D eigenvalue weighted by Gasteiger charge is -2.28. The van der Waals surface area contributed by atoms with E-state index in [0.717, 1.165) is 19.3 Å². The summed E-state index contributed by atoms with van der Waals surface area (Å²) in [6.07, 6.45) is 6.34. The predicted molar refractivity (Wildman–Crippen MR) is 115 cm³/mol. The first kappa shape index (κ1) is 20.4. The number of aromatic nitrogens is 1. The van der Waals surface area contributed by atoms with Crippen molar-refractivity contribution < 1.29 is 24.2 Å². The van der Waals surface area contributed by atoms with Gasteiger partial charge in [-0.05, 0) is 67.8 Å². The number of pyridine rings is 1. The Morgan fingerprint density at radius 3 is 2.32 bits per heavy atom. The van der Waals surface area contributed by atoms with Crippen LogP contribution < -0.4 is 14.4 Å². The summed E-state index contributed by atoms with van der Waals surface area (Å²) in [7, 11) is 1.58. The fourth-order valence-corrected chi connectivity index (χ4v) is 3.32. The molecule has 1 aliphatic carbocycles. The first-order valence-corrected chi connectivity index (χ1v) is 9.99. The number of nitrogens with zero attached hydrogens (tertiary/aromatic N) is 2. The van der Waals surface area contributed by atoms with Crippen molar-refractivity contribution in [1.29, 1.82) is 0 Å². The van der Waals surface area contributed by atoms with E-state index in [1.54, 1.807) is 55.8 Å². The van der Waals surface area contributed by atoms with E-state index < -0.39 is 5.97 Å². The summed E-state index contributed by atoms with van der Waals surface area (Å²) in [5.41, 5.74) is 1.65. The van der Waals surface area contributed by atoms with Crippen molar-refractivity contribution in [3.63, 3.8) is 0 Å². The highest BCUT2D eigenvalue weighted by Gasteiger charge is 2.24. The van der Waals surface area contributed by atoms with Crippen LogP contribution in [0.5, 0.6) is 11.5 Å². The van der Waals surface area contributed by atoms with Crippen LogP contribution in [0, 0.1) is 0 Å². The number of hydrogen-bond acceptors (Lipinski definition) is 5. The molecule has 1 heterocycles. The SMILES string of the molecule is COc1ccc(N(C(=O)c2cccnc2)c2ccc(C(=O)O)cc2)cc1OC1CCC1. The first-order valence-electron chi connectivity index (χ1n) is 9.99. The van der Waals surface area contributed by atoms with Crippen LogP contribution in [-0.4, -0.2) is 35.2 Å². The van der Waals surface area contributed by atoms with Gasteiger partial charge in [-0.1, -0.05) is 0 Å².